The Morgan fingerprint density at radius 1 is 1.32 bits per heavy atom. The first-order chi connectivity index (χ1) is 9.13. The van der Waals surface area contributed by atoms with Gasteiger partial charge in [0.2, 0.25) is 0 Å². The van der Waals surface area contributed by atoms with E-state index in [-0.39, 0.29) is 0 Å². The average Bonchev–Trinajstić information content (AvgIpc) is 2.85. The van der Waals surface area contributed by atoms with E-state index in [2.05, 4.69) is 50.4 Å². The SMILES string of the molecule is CCC(C)n1ccc(CNCCOCCC(C)C)n1. The molecule has 0 bridgehead atoms. The third-order valence-corrected chi connectivity index (χ3v) is 3.27. The molecular formula is C15H29N3O. The van der Waals surface area contributed by atoms with Gasteiger partial charge in [-0.1, -0.05) is 20.8 Å². The van der Waals surface area contributed by atoms with Gasteiger partial charge in [0.1, 0.15) is 0 Å². The maximum absolute atomic E-state index is 5.56. The first-order valence-electron chi connectivity index (χ1n) is 7.46. The van der Waals surface area contributed by atoms with Gasteiger partial charge in [0, 0.05) is 31.9 Å². The van der Waals surface area contributed by atoms with Crippen molar-refractivity contribution in [1.29, 1.82) is 0 Å². The maximum atomic E-state index is 5.56. The van der Waals surface area contributed by atoms with Crippen LogP contribution in [0.3, 0.4) is 0 Å². The molecule has 4 heteroatoms. The van der Waals surface area contributed by atoms with Crippen molar-refractivity contribution >= 4 is 0 Å². The minimum Gasteiger partial charge on any atom is -0.380 e. The summed E-state index contributed by atoms with van der Waals surface area (Å²) in [6.07, 6.45) is 4.31. The molecule has 1 aromatic rings. The molecule has 0 fully saturated rings. The highest BCUT2D eigenvalue weighted by molar-refractivity contribution is 4.99. The standard InChI is InChI=1S/C15H29N3O/c1-5-14(4)18-9-6-15(17-18)12-16-8-11-19-10-7-13(2)3/h6,9,13-14,16H,5,7-8,10-12H2,1-4H3. The largest absolute Gasteiger partial charge is 0.380 e. The molecule has 4 nitrogen and oxygen atoms in total. The molecule has 0 spiro atoms. The van der Waals surface area contributed by atoms with E-state index < -0.39 is 0 Å². The number of aromatic nitrogens is 2. The quantitative estimate of drug-likeness (QED) is 0.662. The van der Waals surface area contributed by atoms with Crippen molar-refractivity contribution in [3.63, 3.8) is 0 Å². The Labute approximate surface area is 117 Å². The molecule has 1 heterocycles. The second-order valence-corrected chi connectivity index (χ2v) is 5.52. The summed E-state index contributed by atoms with van der Waals surface area (Å²) in [5.41, 5.74) is 1.10. The average molecular weight is 267 g/mol. The van der Waals surface area contributed by atoms with Crippen LogP contribution in [0, 0.1) is 5.92 Å². The fourth-order valence-corrected chi connectivity index (χ4v) is 1.69. The second kappa shape index (κ2) is 9.10. The zero-order chi connectivity index (χ0) is 14.1. The van der Waals surface area contributed by atoms with Gasteiger partial charge in [-0.3, -0.25) is 4.68 Å². The lowest BCUT2D eigenvalue weighted by atomic mass is 10.1. The van der Waals surface area contributed by atoms with E-state index in [0.29, 0.717) is 6.04 Å². The van der Waals surface area contributed by atoms with Crippen molar-refractivity contribution in [2.45, 2.75) is 53.1 Å². The van der Waals surface area contributed by atoms with Crippen molar-refractivity contribution < 1.29 is 4.74 Å². The summed E-state index contributed by atoms with van der Waals surface area (Å²) in [5.74, 6) is 0.720. The molecule has 0 aromatic carbocycles. The fourth-order valence-electron chi connectivity index (χ4n) is 1.69. The van der Waals surface area contributed by atoms with Crippen LogP contribution in [0.25, 0.3) is 0 Å². The summed E-state index contributed by atoms with van der Waals surface area (Å²) in [7, 11) is 0. The summed E-state index contributed by atoms with van der Waals surface area (Å²) in [6.45, 7) is 12.1. The lowest BCUT2D eigenvalue weighted by molar-refractivity contribution is 0.125. The van der Waals surface area contributed by atoms with Crippen LogP contribution in [-0.4, -0.2) is 29.5 Å². The number of nitrogens with one attached hydrogen (secondary N) is 1. The first kappa shape index (κ1) is 16.2. The lowest BCUT2D eigenvalue weighted by Gasteiger charge is -2.08. The van der Waals surface area contributed by atoms with Crippen LogP contribution in [-0.2, 0) is 11.3 Å². The van der Waals surface area contributed by atoms with E-state index in [1.54, 1.807) is 0 Å². The summed E-state index contributed by atoms with van der Waals surface area (Å²) < 4.78 is 7.59. The van der Waals surface area contributed by atoms with E-state index >= 15 is 0 Å². The van der Waals surface area contributed by atoms with Crippen LogP contribution < -0.4 is 5.32 Å². The Morgan fingerprint density at radius 3 is 2.79 bits per heavy atom. The number of ether oxygens (including phenoxy) is 1. The summed E-state index contributed by atoms with van der Waals surface area (Å²) in [4.78, 5) is 0. The van der Waals surface area contributed by atoms with Crippen molar-refractivity contribution in [1.82, 2.24) is 15.1 Å². The molecule has 110 valence electrons. The Hall–Kier alpha value is -0.870. The second-order valence-electron chi connectivity index (χ2n) is 5.52. The smallest absolute Gasteiger partial charge is 0.0762 e. The van der Waals surface area contributed by atoms with Crippen LogP contribution in [0.2, 0.25) is 0 Å². The number of hydrogen-bond donors (Lipinski definition) is 1. The first-order valence-corrected chi connectivity index (χ1v) is 7.46. The van der Waals surface area contributed by atoms with Crippen LogP contribution in [0.4, 0.5) is 0 Å². The molecule has 0 aliphatic heterocycles. The monoisotopic (exact) mass is 267 g/mol. The number of nitrogens with zero attached hydrogens (tertiary/aromatic N) is 2. The van der Waals surface area contributed by atoms with E-state index in [0.717, 1.165) is 50.8 Å². The van der Waals surface area contributed by atoms with Crippen LogP contribution in [0.5, 0.6) is 0 Å². The summed E-state index contributed by atoms with van der Waals surface area (Å²) in [6, 6.07) is 2.56. The zero-order valence-electron chi connectivity index (χ0n) is 12.9. The van der Waals surface area contributed by atoms with Crippen molar-refractivity contribution in [3.8, 4) is 0 Å². The third kappa shape index (κ3) is 6.73. The van der Waals surface area contributed by atoms with E-state index in [1.165, 1.54) is 0 Å². The molecular weight excluding hydrogens is 238 g/mol. The number of hydrogen-bond acceptors (Lipinski definition) is 3. The minimum atomic E-state index is 0.480. The highest BCUT2D eigenvalue weighted by Gasteiger charge is 2.03. The molecule has 0 amide bonds. The van der Waals surface area contributed by atoms with Gasteiger partial charge in [0.15, 0.2) is 0 Å². The molecule has 1 aromatic heterocycles. The maximum Gasteiger partial charge on any atom is 0.0762 e. The van der Waals surface area contributed by atoms with E-state index in [9.17, 15) is 0 Å². The molecule has 1 N–H and O–H groups in total. The minimum absolute atomic E-state index is 0.480. The molecule has 19 heavy (non-hydrogen) atoms. The van der Waals surface area contributed by atoms with Gasteiger partial charge in [0.25, 0.3) is 0 Å². The third-order valence-electron chi connectivity index (χ3n) is 3.27. The summed E-state index contributed by atoms with van der Waals surface area (Å²) in [5, 5.41) is 7.91. The van der Waals surface area contributed by atoms with Gasteiger partial charge >= 0.3 is 0 Å². The van der Waals surface area contributed by atoms with Gasteiger partial charge in [-0.25, -0.2) is 0 Å². The predicted molar refractivity (Wildman–Crippen MR) is 79.2 cm³/mol. The Balaban J connectivity index is 2.08. The van der Waals surface area contributed by atoms with Crippen LogP contribution in [0.1, 0.15) is 52.3 Å². The molecule has 0 aliphatic rings. The Kier molecular flexibility index (Phi) is 7.75. The predicted octanol–water partition coefficient (Wildman–Crippen LogP) is 3.01. The van der Waals surface area contributed by atoms with E-state index in [1.807, 2.05) is 4.68 Å². The van der Waals surface area contributed by atoms with Gasteiger partial charge < -0.3 is 10.1 Å². The van der Waals surface area contributed by atoms with Crippen molar-refractivity contribution in [2.24, 2.45) is 5.92 Å². The van der Waals surface area contributed by atoms with Crippen molar-refractivity contribution in [3.05, 3.63) is 18.0 Å². The molecule has 0 aliphatic carbocycles. The Morgan fingerprint density at radius 2 is 2.11 bits per heavy atom. The molecule has 0 saturated heterocycles. The highest BCUT2D eigenvalue weighted by Crippen LogP contribution is 2.08. The molecule has 0 radical (unpaired) electrons. The summed E-state index contributed by atoms with van der Waals surface area (Å²) >= 11 is 0. The normalized spacial score (nSPS) is 13.1. The van der Waals surface area contributed by atoms with Gasteiger partial charge in [0.05, 0.1) is 12.3 Å². The van der Waals surface area contributed by atoms with Crippen molar-refractivity contribution in [2.75, 3.05) is 19.8 Å². The topological polar surface area (TPSA) is 39.1 Å². The molecule has 1 atom stereocenters. The van der Waals surface area contributed by atoms with Gasteiger partial charge in [-0.05, 0) is 31.7 Å². The van der Waals surface area contributed by atoms with Gasteiger partial charge in [-0.15, -0.1) is 0 Å². The Bertz CT molecular complexity index is 336. The fraction of sp³-hybridized carbons (Fsp3) is 0.800. The van der Waals surface area contributed by atoms with Gasteiger partial charge in [-0.2, -0.15) is 5.10 Å². The number of rotatable bonds is 10. The zero-order valence-corrected chi connectivity index (χ0v) is 12.9. The molecule has 1 rings (SSSR count). The molecule has 0 saturated carbocycles. The van der Waals surface area contributed by atoms with Crippen LogP contribution >= 0.6 is 0 Å². The van der Waals surface area contributed by atoms with Crippen LogP contribution in [0.15, 0.2) is 12.3 Å². The lowest BCUT2D eigenvalue weighted by Crippen LogP contribution is -2.20. The molecule has 1 unspecified atom stereocenters. The highest BCUT2D eigenvalue weighted by atomic mass is 16.5. The van der Waals surface area contributed by atoms with E-state index in [4.69, 9.17) is 4.74 Å².